The largest absolute Gasteiger partial charge is 0.373 e. The van der Waals surface area contributed by atoms with Gasteiger partial charge in [0, 0.05) is 0 Å². The quantitative estimate of drug-likeness (QED) is 0.489. The third-order valence-corrected chi connectivity index (χ3v) is 2.87. The van der Waals surface area contributed by atoms with E-state index in [9.17, 15) is 0 Å². The molecule has 2 nitrogen and oxygen atoms in total. The lowest BCUT2D eigenvalue weighted by atomic mass is 10.1. The van der Waals surface area contributed by atoms with Gasteiger partial charge >= 0.3 is 0 Å². The topological polar surface area (TPSA) is 25.1 Å². The van der Waals surface area contributed by atoms with Crippen LogP contribution >= 0.6 is 11.6 Å². The molecule has 2 rings (SSSR count). The van der Waals surface area contributed by atoms with Gasteiger partial charge in [0.15, 0.2) is 0 Å². The third-order valence-electron chi connectivity index (χ3n) is 2.44. The summed E-state index contributed by atoms with van der Waals surface area (Å²) in [5.74, 6) is 0. The molecule has 0 saturated carbocycles. The average molecular weight is 191 g/mol. The van der Waals surface area contributed by atoms with Gasteiger partial charge in [0.05, 0.1) is 24.2 Å². The monoisotopic (exact) mass is 190 g/mol. The fourth-order valence-electron chi connectivity index (χ4n) is 1.58. The van der Waals surface area contributed by atoms with Crippen LogP contribution in [-0.2, 0) is 9.47 Å². The maximum atomic E-state index is 6.14. The zero-order valence-electron chi connectivity index (χ0n) is 7.33. The number of hydrogen-bond donors (Lipinski definition) is 0. The molecule has 2 aliphatic heterocycles. The van der Waals surface area contributed by atoms with E-state index in [1.165, 1.54) is 6.42 Å². The zero-order valence-corrected chi connectivity index (χ0v) is 8.09. The molecular weight excluding hydrogens is 176 g/mol. The number of alkyl halides is 1. The Labute approximate surface area is 78.2 Å². The second kappa shape index (κ2) is 3.52. The van der Waals surface area contributed by atoms with Crippen molar-refractivity contribution in [2.24, 2.45) is 0 Å². The second-order valence-corrected chi connectivity index (χ2v) is 4.20. The first kappa shape index (κ1) is 8.79. The van der Waals surface area contributed by atoms with E-state index >= 15 is 0 Å². The summed E-state index contributed by atoms with van der Waals surface area (Å²) in [5.41, 5.74) is 0. The Morgan fingerprint density at radius 1 is 1.58 bits per heavy atom. The summed E-state index contributed by atoms with van der Waals surface area (Å²) in [6, 6.07) is 0. The highest BCUT2D eigenvalue weighted by molar-refractivity contribution is 6.21. The summed E-state index contributed by atoms with van der Waals surface area (Å²) in [6.07, 6.45) is 4.49. The highest BCUT2D eigenvalue weighted by Gasteiger charge is 2.45. The summed E-state index contributed by atoms with van der Waals surface area (Å²) in [4.78, 5) is 0. The summed E-state index contributed by atoms with van der Waals surface area (Å²) in [5, 5.41) is 0.175. The highest BCUT2D eigenvalue weighted by Crippen LogP contribution is 2.35. The van der Waals surface area contributed by atoms with E-state index in [1.54, 1.807) is 0 Å². The molecular formula is C9H15ClO2. The van der Waals surface area contributed by atoms with Gasteiger partial charge in [-0.3, -0.25) is 0 Å². The molecule has 0 radical (unpaired) electrons. The lowest BCUT2D eigenvalue weighted by molar-refractivity contribution is 0.340. The van der Waals surface area contributed by atoms with Gasteiger partial charge < -0.3 is 9.47 Å². The van der Waals surface area contributed by atoms with Crippen molar-refractivity contribution in [1.29, 1.82) is 0 Å². The van der Waals surface area contributed by atoms with Crippen LogP contribution in [0.3, 0.4) is 0 Å². The normalized spacial score (nSPS) is 41.0. The molecule has 0 aromatic heterocycles. The molecule has 2 heterocycles. The Balaban J connectivity index is 1.64. The van der Waals surface area contributed by atoms with Crippen LogP contribution in [0.15, 0.2) is 0 Å². The zero-order chi connectivity index (χ0) is 8.55. The predicted octanol–water partition coefficient (Wildman–Crippen LogP) is 1.95. The first-order valence-electron chi connectivity index (χ1n) is 4.72. The van der Waals surface area contributed by atoms with Crippen molar-refractivity contribution in [3.63, 3.8) is 0 Å². The van der Waals surface area contributed by atoms with Crippen molar-refractivity contribution in [2.45, 2.75) is 49.9 Å². The van der Waals surface area contributed by atoms with Gasteiger partial charge in [0.2, 0.25) is 0 Å². The molecule has 0 aromatic carbocycles. The molecule has 3 heteroatoms. The van der Waals surface area contributed by atoms with Crippen LogP contribution in [0.4, 0.5) is 0 Å². The molecule has 0 aliphatic carbocycles. The molecule has 0 bridgehead atoms. The molecule has 0 N–H and O–H groups in total. The van der Waals surface area contributed by atoms with Crippen molar-refractivity contribution in [2.75, 3.05) is 6.61 Å². The minimum absolute atomic E-state index is 0.175. The highest BCUT2D eigenvalue weighted by atomic mass is 35.5. The van der Waals surface area contributed by atoms with Crippen LogP contribution in [0.1, 0.15) is 26.2 Å². The van der Waals surface area contributed by atoms with E-state index < -0.39 is 0 Å². The van der Waals surface area contributed by atoms with E-state index in [-0.39, 0.29) is 5.38 Å². The molecule has 2 fully saturated rings. The molecule has 2 saturated heterocycles. The number of halogens is 1. The molecule has 0 amide bonds. The van der Waals surface area contributed by atoms with Gasteiger partial charge in [0.25, 0.3) is 0 Å². The lowest BCUT2D eigenvalue weighted by Crippen LogP contribution is -2.13. The van der Waals surface area contributed by atoms with Gasteiger partial charge in [-0.15, -0.1) is 11.6 Å². The minimum Gasteiger partial charge on any atom is -0.373 e. The molecule has 0 aromatic rings. The Morgan fingerprint density at radius 2 is 2.33 bits per heavy atom. The van der Waals surface area contributed by atoms with Gasteiger partial charge in [-0.25, -0.2) is 0 Å². The van der Waals surface area contributed by atoms with Crippen molar-refractivity contribution >= 4 is 11.6 Å². The second-order valence-electron chi connectivity index (χ2n) is 3.63. The Hall–Kier alpha value is 0.210. The number of ether oxygens (including phenoxy) is 2. The van der Waals surface area contributed by atoms with Gasteiger partial charge in [0.1, 0.15) is 6.10 Å². The van der Waals surface area contributed by atoms with Crippen LogP contribution in [0.25, 0.3) is 0 Å². The predicted molar refractivity (Wildman–Crippen MR) is 47.6 cm³/mol. The van der Waals surface area contributed by atoms with Crippen LogP contribution in [0.5, 0.6) is 0 Å². The molecule has 70 valence electrons. The van der Waals surface area contributed by atoms with Crippen molar-refractivity contribution < 1.29 is 9.47 Å². The van der Waals surface area contributed by atoms with Crippen molar-refractivity contribution in [3.05, 3.63) is 0 Å². The third kappa shape index (κ3) is 2.12. The first-order chi connectivity index (χ1) is 5.81. The molecule has 2 aliphatic rings. The van der Waals surface area contributed by atoms with Crippen LogP contribution in [0.2, 0.25) is 0 Å². The average Bonchev–Trinajstić information content (AvgIpc) is 2.82. The van der Waals surface area contributed by atoms with Gasteiger partial charge in [-0.05, 0) is 12.8 Å². The Bertz CT molecular complexity index is 159. The molecule has 4 atom stereocenters. The maximum Gasteiger partial charge on any atom is 0.101 e. The Kier molecular flexibility index (Phi) is 2.58. The van der Waals surface area contributed by atoms with Crippen molar-refractivity contribution in [3.8, 4) is 0 Å². The molecule has 12 heavy (non-hydrogen) atoms. The fourth-order valence-corrected chi connectivity index (χ4v) is 2.00. The van der Waals surface area contributed by atoms with E-state index in [0.29, 0.717) is 18.3 Å². The summed E-state index contributed by atoms with van der Waals surface area (Å²) < 4.78 is 10.6. The van der Waals surface area contributed by atoms with Crippen LogP contribution < -0.4 is 0 Å². The smallest absolute Gasteiger partial charge is 0.101 e. The van der Waals surface area contributed by atoms with E-state index in [2.05, 4.69) is 6.92 Å². The summed E-state index contributed by atoms with van der Waals surface area (Å²) >= 11 is 6.14. The molecule has 0 spiro atoms. The van der Waals surface area contributed by atoms with Crippen LogP contribution in [0, 0.1) is 0 Å². The van der Waals surface area contributed by atoms with E-state index in [1.807, 2.05) is 0 Å². The van der Waals surface area contributed by atoms with Gasteiger partial charge in [-0.2, -0.15) is 0 Å². The number of hydrogen-bond acceptors (Lipinski definition) is 2. The number of epoxide rings is 2. The fraction of sp³-hybridized carbons (Fsp3) is 1.00. The Morgan fingerprint density at radius 3 is 2.92 bits per heavy atom. The van der Waals surface area contributed by atoms with Crippen molar-refractivity contribution in [1.82, 2.24) is 0 Å². The molecule has 4 unspecified atom stereocenters. The van der Waals surface area contributed by atoms with E-state index in [4.69, 9.17) is 21.1 Å². The standard InChI is InChI=1S/C9H15ClO2/c1-2-3-8-9(12-8)7(10)4-6-5-11-6/h6-9H,2-5H2,1H3. The van der Waals surface area contributed by atoms with Crippen LogP contribution in [-0.4, -0.2) is 30.3 Å². The summed E-state index contributed by atoms with van der Waals surface area (Å²) in [7, 11) is 0. The van der Waals surface area contributed by atoms with Gasteiger partial charge in [-0.1, -0.05) is 13.3 Å². The minimum atomic E-state index is 0.175. The van der Waals surface area contributed by atoms with E-state index in [0.717, 1.165) is 19.4 Å². The summed E-state index contributed by atoms with van der Waals surface area (Å²) in [6.45, 7) is 3.07. The number of rotatable bonds is 5. The lowest BCUT2D eigenvalue weighted by Gasteiger charge is -2.01. The first-order valence-corrected chi connectivity index (χ1v) is 5.16. The maximum absolute atomic E-state index is 6.14. The SMILES string of the molecule is CCCC1OC1C(Cl)CC1CO1.